The van der Waals surface area contributed by atoms with E-state index in [1.54, 1.807) is 30.3 Å². The number of nitrogens with one attached hydrogen (secondary N) is 1. The summed E-state index contributed by atoms with van der Waals surface area (Å²) in [6, 6.07) is 8.58. The second-order valence-electron chi connectivity index (χ2n) is 4.08. The predicted molar refractivity (Wildman–Crippen MR) is 68.8 cm³/mol. The van der Waals surface area contributed by atoms with E-state index in [9.17, 15) is 14.4 Å². The van der Waals surface area contributed by atoms with E-state index in [4.69, 9.17) is 5.11 Å². The van der Waals surface area contributed by atoms with Crippen molar-refractivity contribution in [1.29, 1.82) is 0 Å². The van der Waals surface area contributed by atoms with Crippen molar-refractivity contribution in [2.45, 2.75) is 0 Å². The van der Waals surface area contributed by atoms with Gasteiger partial charge in [-0.3, -0.25) is 14.6 Å². The molecular formula is C12H12N4O4. The number of rotatable bonds is 4. The molecule has 0 spiro atoms. The van der Waals surface area contributed by atoms with E-state index in [1.807, 2.05) is 0 Å². The number of aromatic nitrogens is 3. The van der Waals surface area contributed by atoms with E-state index in [1.165, 1.54) is 7.05 Å². The van der Waals surface area contributed by atoms with Gasteiger partial charge < -0.3 is 10.0 Å². The summed E-state index contributed by atoms with van der Waals surface area (Å²) in [6.07, 6.45) is 0. The van der Waals surface area contributed by atoms with Crippen molar-refractivity contribution in [2.75, 3.05) is 13.6 Å². The number of carboxylic acid groups (broad SMARTS) is 1. The van der Waals surface area contributed by atoms with Crippen LogP contribution in [-0.4, -0.2) is 50.2 Å². The summed E-state index contributed by atoms with van der Waals surface area (Å²) in [7, 11) is 1.32. The Kier molecular flexibility index (Phi) is 3.65. The highest BCUT2D eigenvalue weighted by Gasteiger charge is 2.19. The van der Waals surface area contributed by atoms with Crippen molar-refractivity contribution < 1.29 is 14.7 Å². The predicted octanol–water partition coefficient (Wildman–Crippen LogP) is -0.283. The highest BCUT2D eigenvalue weighted by Crippen LogP contribution is 2.03. The molecule has 0 saturated carbocycles. The summed E-state index contributed by atoms with van der Waals surface area (Å²) in [5.41, 5.74) is -0.0584. The number of aliphatic carboxylic acids is 1. The molecule has 0 saturated heterocycles. The molecule has 1 heterocycles. The molecule has 1 aromatic heterocycles. The lowest BCUT2D eigenvalue weighted by Gasteiger charge is -2.11. The zero-order valence-corrected chi connectivity index (χ0v) is 10.6. The number of hydrogen-bond donors (Lipinski definition) is 2. The van der Waals surface area contributed by atoms with Crippen LogP contribution in [0.2, 0.25) is 0 Å². The van der Waals surface area contributed by atoms with Crippen LogP contribution in [0, 0.1) is 0 Å². The summed E-state index contributed by atoms with van der Waals surface area (Å²) in [5.74, 6) is -2.02. The molecule has 104 valence electrons. The third kappa shape index (κ3) is 2.74. The molecule has 2 rings (SSSR count). The topological polar surface area (TPSA) is 108 Å². The van der Waals surface area contributed by atoms with E-state index < -0.39 is 24.1 Å². The first kappa shape index (κ1) is 13.5. The fourth-order valence-corrected chi connectivity index (χ4v) is 1.62. The molecule has 0 aliphatic rings. The van der Waals surface area contributed by atoms with Gasteiger partial charge in [-0.05, 0) is 12.1 Å². The van der Waals surface area contributed by atoms with Crippen LogP contribution < -0.4 is 5.69 Å². The van der Waals surface area contributed by atoms with Crippen LogP contribution in [0.25, 0.3) is 5.69 Å². The van der Waals surface area contributed by atoms with Gasteiger partial charge in [0.1, 0.15) is 6.54 Å². The molecule has 8 heteroatoms. The molecule has 20 heavy (non-hydrogen) atoms. The number of carbonyl (C=O) groups is 2. The minimum absolute atomic E-state index is 0.206. The number of hydrogen-bond acceptors (Lipinski definition) is 4. The number of carbonyl (C=O) groups excluding carboxylic acids is 1. The fraction of sp³-hybridized carbons (Fsp3) is 0.167. The van der Waals surface area contributed by atoms with E-state index in [-0.39, 0.29) is 5.82 Å². The van der Waals surface area contributed by atoms with Gasteiger partial charge in [0.15, 0.2) is 0 Å². The molecule has 0 aliphatic carbocycles. The average Bonchev–Trinajstić information content (AvgIpc) is 2.80. The lowest BCUT2D eigenvalue weighted by atomic mass is 10.3. The van der Waals surface area contributed by atoms with Gasteiger partial charge in [-0.1, -0.05) is 18.2 Å². The first-order valence-electron chi connectivity index (χ1n) is 5.71. The number of benzene rings is 1. The van der Waals surface area contributed by atoms with E-state index in [0.29, 0.717) is 5.69 Å². The molecule has 0 atom stereocenters. The Bertz CT molecular complexity index is 689. The van der Waals surface area contributed by atoms with E-state index in [2.05, 4.69) is 10.1 Å². The standard InChI is InChI=1S/C12H12N4O4/c1-15(7-9(17)18)11(19)10-13-12(20)16(14-10)8-5-3-2-4-6-8/h2-6H,7H2,1H3,(H,17,18)(H,13,14,20). The summed E-state index contributed by atoms with van der Waals surface area (Å²) in [4.78, 5) is 37.5. The van der Waals surface area contributed by atoms with Crippen LogP contribution in [0.5, 0.6) is 0 Å². The summed E-state index contributed by atoms with van der Waals surface area (Å²) < 4.78 is 1.04. The largest absolute Gasteiger partial charge is 0.480 e. The maximum atomic E-state index is 11.9. The molecule has 0 bridgehead atoms. The lowest BCUT2D eigenvalue weighted by molar-refractivity contribution is -0.137. The number of aromatic amines is 1. The molecular weight excluding hydrogens is 264 g/mol. The molecule has 0 fully saturated rings. The summed E-state index contributed by atoms with van der Waals surface area (Å²) >= 11 is 0. The minimum atomic E-state index is -1.15. The number of likely N-dealkylation sites (N-methyl/N-ethyl adjacent to an activating group) is 1. The molecule has 8 nitrogen and oxygen atoms in total. The summed E-state index contributed by atoms with van der Waals surface area (Å²) in [5, 5.41) is 12.5. The lowest BCUT2D eigenvalue weighted by Crippen LogP contribution is -2.32. The SMILES string of the molecule is CN(CC(=O)O)C(=O)c1nn(-c2ccccc2)c(=O)[nH]1. The van der Waals surface area contributed by atoms with E-state index in [0.717, 1.165) is 9.58 Å². The van der Waals surface area contributed by atoms with Crippen LogP contribution in [0.3, 0.4) is 0 Å². The summed E-state index contributed by atoms with van der Waals surface area (Å²) in [6.45, 7) is -0.473. The van der Waals surface area contributed by atoms with Crippen LogP contribution in [0.4, 0.5) is 0 Å². The van der Waals surface area contributed by atoms with Gasteiger partial charge in [-0.25, -0.2) is 4.79 Å². The molecule has 0 unspecified atom stereocenters. The average molecular weight is 276 g/mol. The Balaban J connectivity index is 2.30. The van der Waals surface area contributed by atoms with Crippen molar-refractivity contribution in [1.82, 2.24) is 19.7 Å². The zero-order valence-electron chi connectivity index (χ0n) is 10.6. The van der Waals surface area contributed by atoms with Crippen molar-refractivity contribution in [2.24, 2.45) is 0 Å². The smallest absolute Gasteiger partial charge is 0.348 e. The quantitative estimate of drug-likeness (QED) is 0.798. The Labute approximate surface area is 113 Å². The van der Waals surface area contributed by atoms with Crippen LogP contribution in [0.1, 0.15) is 10.6 Å². The van der Waals surface area contributed by atoms with E-state index >= 15 is 0 Å². The molecule has 2 aromatic rings. The molecule has 0 radical (unpaired) electrons. The van der Waals surface area contributed by atoms with Crippen molar-refractivity contribution in [3.63, 3.8) is 0 Å². The number of nitrogens with zero attached hydrogens (tertiary/aromatic N) is 3. The highest BCUT2D eigenvalue weighted by atomic mass is 16.4. The molecule has 2 N–H and O–H groups in total. The normalized spacial score (nSPS) is 10.2. The van der Waals surface area contributed by atoms with Crippen LogP contribution >= 0.6 is 0 Å². The molecule has 1 aromatic carbocycles. The van der Waals surface area contributed by atoms with Crippen LogP contribution in [0.15, 0.2) is 35.1 Å². The van der Waals surface area contributed by atoms with Crippen molar-refractivity contribution >= 4 is 11.9 Å². The van der Waals surface area contributed by atoms with Gasteiger partial charge >= 0.3 is 11.7 Å². The number of H-pyrrole nitrogens is 1. The number of para-hydroxylation sites is 1. The van der Waals surface area contributed by atoms with Gasteiger partial charge in [0.2, 0.25) is 5.82 Å². The van der Waals surface area contributed by atoms with Gasteiger partial charge in [0, 0.05) is 7.05 Å². The zero-order chi connectivity index (χ0) is 14.7. The Morgan fingerprint density at radius 2 is 2.00 bits per heavy atom. The van der Waals surface area contributed by atoms with Gasteiger partial charge in [0.25, 0.3) is 5.91 Å². The van der Waals surface area contributed by atoms with Gasteiger partial charge in [0.05, 0.1) is 5.69 Å². The number of carboxylic acids is 1. The van der Waals surface area contributed by atoms with Crippen LogP contribution in [-0.2, 0) is 4.79 Å². The molecule has 1 amide bonds. The second-order valence-corrected chi connectivity index (χ2v) is 4.08. The van der Waals surface area contributed by atoms with Crippen molar-refractivity contribution in [3.05, 3.63) is 46.6 Å². The minimum Gasteiger partial charge on any atom is -0.480 e. The maximum absolute atomic E-state index is 11.9. The van der Waals surface area contributed by atoms with Gasteiger partial charge in [-0.15, -0.1) is 5.10 Å². The Morgan fingerprint density at radius 1 is 1.35 bits per heavy atom. The maximum Gasteiger partial charge on any atom is 0.348 e. The second kappa shape index (κ2) is 5.39. The Hall–Kier alpha value is -2.90. The molecule has 0 aliphatic heterocycles. The highest BCUT2D eigenvalue weighted by molar-refractivity contribution is 5.92. The first-order chi connectivity index (χ1) is 9.49. The van der Waals surface area contributed by atoms with Gasteiger partial charge in [-0.2, -0.15) is 4.68 Å². The first-order valence-corrected chi connectivity index (χ1v) is 5.71. The third-order valence-electron chi connectivity index (χ3n) is 2.54. The Morgan fingerprint density at radius 3 is 2.60 bits per heavy atom. The number of amides is 1. The monoisotopic (exact) mass is 276 g/mol. The third-order valence-corrected chi connectivity index (χ3v) is 2.54. The van der Waals surface area contributed by atoms with Crippen molar-refractivity contribution in [3.8, 4) is 5.69 Å². The fourth-order valence-electron chi connectivity index (χ4n) is 1.62.